The quantitative estimate of drug-likeness (QED) is 0.757. The zero-order chi connectivity index (χ0) is 17.7. The van der Waals surface area contributed by atoms with E-state index in [9.17, 15) is 0 Å². The van der Waals surface area contributed by atoms with Gasteiger partial charge in [-0.3, -0.25) is 9.88 Å². The normalized spacial score (nSPS) is 27.4. The summed E-state index contributed by atoms with van der Waals surface area (Å²) in [5.41, 5.74) is 2.33. The van der Waals surface area contributed by atoms with Gasteiger partial charge in [0.2, 0.25) is 0 Å². The fourth-order valence-electron chi connectivity index (χ4n) is 4.36. The third-order valence-electron chi connectivity index (χ3n) is 5.48. The van der Waals surface area contributed by atoms with E-state index in [0.29, 0.717) is 5.92 Å². The molecule has 0 bridgehead atoms. The minimum Gasteiger partial charge on any atom is -0.383 e. The number of hydrogen-bond acceptors (Lipinski definition) is 5. The van der Waals surface area contributed by atoms with Crippen LogP contribution >= 0.6 is 0 Å². The Morgan fingerprint density at radius 2 is 2.32 bits per heavy atom. The van der Waals surface area contributed by atoms with Crippen LogP contribution in [0.5, 0.6) is 0 Å². The average Bonchev–Trinajstić information content (AvgIpc) is 2.95. The van der Waals surface area contributed by atoms with E-state index >= 15 is 0 Å². The van der Waals surface area contributed by atoms with E-state index in [-0.39, 0.29) is 5.60 Å². The van der Waals surface area contributed by atoms with Crippen LogP contribution in [-0.2, 0) is 16.0 Å². The van der Waals surface area contributed by atoms with Crippen LogP contribution in [0, 0.1) is 12.8 Å². The highest BCUT2D eigenvalue weighted by molar-refractivity contribution is 5.10. The van der Waals surface area contributed by atoms with Crippen LogP contribution in [0.15, 0.2) is 18.2 Å². The number of rotatable bonds is 7. The minimum atomic E-state index is 0.0643. The van der Waals surface area contributed by atoms with Gasteiger partial charge in [0, 0.05) is 39.0 Å². The lowest BCUT2D eigenvalue weighted by atomic mass is 9.86. The Bertz CT molecular complexity index is 553. The van der Waals surface area contributed by atoms with E-state index in [0.717, 1.165) is 51.6 Å². The first-order valence-corrected chi connectivity index (χ1v) is 9.55. The molecule has 3 rings (SSSR count). The molecule has 2 saturated heterocycles. The number of hydrogen-bond donors (Lipinski definition) is 0. The number of aromatic nitrogens is 1. The van der Waals surface area contributed by atoms with Crippen molar-refractivity contribution in [2.75, 3.05) is 53.6 Å². The van der Waals surface area contributed by atoms with Crippen LogP contribution in [0.2, 0.25) is 0 Å². The molecule has 2 aliphatic heterocycles. The largest absolute Gasteiger partial charge is 0.383 e. The van der Waals surface area contributed by atoms with E-state index in [1.807, 2.05) is 0 Å². The van der Waals surface area contributed by atoms with Gasteiger partial charge in [0.15, 0.2) is 0 Å². The van der Waals surface area contributed by atoms with Crippen molar-refractivity contribution in [1.29, 1.82) is 0 Å². The van der Waals surface area contributed by atoms with E-state index in [4.69, 9.17) is 9.47 Å². The second-order valence-electron chi connectivity index (χ2n) is 7.90. The van der Waals surface area contributed by atoms with Crippen molar-refractivity contribution in [3.05, 3.63) is 29.6 Å². The van der Waals surface area contributed by atoms with E-state index in [1.165, 1.54) is 25.0 Å². The maximum atomic E-state index is 6.37. The first kappa shape index (κ1) is 18.8. The highest BCUT2D eigenvalue weighted by Gasteiger charge is 2.43. The zero-order valence-corrected chi connectivity index (χ0v) is 16.0. The summed E-state index contributed by atoms with van der Waals surface area (Å²) in [4.78, 5) is 9.56. The van der Waals surface area contributed by atoms with Crippen LogP contribution in [0.25, 0.3) is 0 Å². The van der Waals surface area contributed by atoms with Gasteiger partial charge in [-0.05, 0) is 57.8 Å². The van der Waals surface area contributed by atoms with E-state index in [1.54, 1.807) is 7.11 Å². The topological polar surface area (TPSA) is 37.8 Å². The molecule has 25 heavy (non-hydrogen) atoms. The van der Waals surface area contributed by atoms with Gasteiger partial charge >= 0.3 is 0 Å². The van der Waals surface area contributed by atoms with Gasteiger partial charge in [-0.1, -0.05) is 6.07 Å². The summed E-state index contributed by atoms with van der Waals surface area (Å²) in [5, 5.41) is 0. The monoisotopic (exact) mass is 347 g/mol. The van der Waals surface area contributed by atoms with Crippen LogP contribution in [0.3, 0.4) is 0 Å². The van der Waals surface area contributed by atoms with Gasteiger partial charge in [-0.15, -0.1) is 0 Å². The smallest absolute Gasteiger partial charge is 0.0813 e. The fourth-order valence-corrected chi connectivity index (χ4v) is 4.36. The van der Waals surface area contributed by atoms with Crippen molar-refractivity contribution in [3.8, 4) is 0 Å². The Balaban J connectivity index is 1.52. The SMILES string of the molecule is COCCN(C)C[C@H]1CO[C@]2(CCCN(Cc3cccc(C)n3)C2)C1. The summed E-state index contributed by atoms with van der Waals surface area (Å²) in [6, 6.07) is 6.30. The third kappa shape index (κ3) is 5.23. The molecule has 0 saturated carbocycles. The van der Waals surface area contributed by atoms with Gasteiger partial charge in [0.05, 0.1) is 24.5 Å². The molecule has 2 atom stereocenters. The number of likely N-dealkylation sites (tertiary alicyclic amines) is 1. The molecule has 140 valence electrons. The molecule has 0 unspecified atom stereocenters. The van der Waals surface area contributed by atoms with Crippen molar-refractivity contribution in [2.24, 2.45) is 5.92 Å². The molecule has 0 aliphatic carbocycles. The molecule has 1 aromatic rings. The molecule has 3 heterocycles. The Morgan fingerprint density at radius 1 is 1.44 bits per heavy atom. The summed E-state index contributed by atoms with van der Waals surface area (Å²) < 4.78 is 11.6. The number of pyridine rings is 1. The second-order valence-corrected chi connectivity index (χ2v) is 7.90. The standard InChI is InChI=1S/C20H33N3O2/c1-17-6-4-7-19(21-17)14-23-9-5-8-20(16-23)12-18(15-25-20)13-22(2)10-11-24-3/h4,6-7,18H,5,8-16H2,1-3H3/t18-,20+/m0/s1. The van der Waals surface area contributed by atoms with Gasteiger partial charge in [-0.2, -0.15) is 0 Å². The Labute approximate surface area is 152 Å². The van der Waals surface area contributed by atoms with Crippen molar-refractivity contribution in [1.82, 2.24) is 14.8 Å². The summed E-state index contributed by atoms with van der Waals surface area (Å²) in [7, 11) is 3.95. The summed E-state index contributed by atoms with van der Waals surface area (Å²) in [6.45, 7) is 8.98. The molecule has 0 aromatic carbocycles. The lowest BCUT2D eigenvalue weighted by molar-refractivity contribution is -0.0538. The number of methoxy groups -OCH3 is 1. The molecule has 0 amide bonds. The zero-order valence-electron chi connectivity index (χ0n) is 16.0. The average molecular weight is 348 g/mol. The summed E-state index contributed by atoms with van der Waals surface area (Å²) in [6.07, 6.45) is 3.60. The van der Waals surface area contributed by atoms with Crippen LogP contribution in [-0.4, -0.2) is 73.9 Å². The van der Waals surface area contributed by atoms with Crippen molar-refractivity contribution in [2.45, 2.75) is 38.3 Å². The number of aryl methyl sites for hydroxylation is 1. The van der Waals surface area contributed by atoms with Gasteiger partial charge in [0.25, 0.3) is 0 Å². The maximum absolute atomic E-state index is 6.37. The highest BCUT2D eigenvalue weighted by Crippen LogP contribution is 2.38. The molecular formula is C20H33N3O2. The predicted octanol–water partition coefficient (Wildman–Crippen LogP) is 2.34. The van der Waals surface area contributed by atoms with Crippen LogP contribution < -0.4 is 0 Å². The molecular weight excluding hydrogens is 314 g/mol. The molecule has 0 N–H and O–H groups in total. The first-order chi connectivity index (χ1) is 12.1. The Hall–Kier alpha value is -1.01. The van der Waals surface area contributed by atoms with E-state index < -0.39 is 0 Å². The van der Waals surface area contributed by atoms with Gasteiger partial charge < -0.3 is 14.4 Å². The lowest BCUT2D eigenvalue weighted by Gasteiger charge is -2.39. The molecule has 5 heteroatoms. The second kappa shape index (κ2) is 8.58. The maximum Gasteiger partial charge on any atom is 0.0813 e. The fraction of sp³-hybridized carbons (Fsp3) is 0.750. The minimum absolute atomic E-state index is 0.0643. The van der Waals surface area contributed by atoms with E-state index in [2.05, 4.69) is 47.0 Å². The first-order valence-electron chi connectivity index (χ1n) is 9.55. The Morgan fingerprint density at radius 3 is 3.12 bits per heavy atom. The van der Waals surface area contributed by atoms with Crippen LogP contribution in [0.4, 0.5) is 0 Å². The Kier molecular flexibility index (Phi) is 6.44. The molecule has 1 aromatic heterocycles. The van der Waals surface area contributed by atoms with Crippen molar-refractivity contribution < 1.29 is 9.47 Å². The predicted molar refractivity (Wildman–Crippen MR) is 99.6 cm³/mol. The third-order valence-corrected chi connectivity index (χ3v) is 5.48. The van der Waals surface area contributed by atoms with Crippen molar-refractivity contribution >= 4 is 0 Å². The van der Waals surface area contributed by atoms with Crippen LogP contribution in [0.1, 0.15) is 30.7 Å². The van der Waals surface area contributed by atoms with Crippen molar-refractivity contribution in [3.63, 3.8) is 0 Å². The summed E-state index contributed by atoms with van der Waals surface area (Å²) in [5.74, 6) is 0.638. The molecule has 2 fully saturated rings. The highest BCUT2D eigenvalue weighted by atomic mass is 16.5. The summed E-state index contributed by atoms with van der Waals surface area (Å²) >= 11 is 0. The number of likely N-dealkylation sites (N-methyl/N-ethyl adjacent to an activating group) is 1. The molecule has 0 radical (unpaired) electrons. The van der Waals surface area contributed by atoms with Gasteiger partial charge in [0.1, 0.15) is 0 Å². The number of nitrogens with zero attached hydrogens (tertiary/aromatic N) is 3. The lowest BCUT2D eigenvalue weighted by Crippen LogP contribution is -2.47. The molecule has 5 nitrogen and oxygen atoms in total. The molecule has 1 spiro atoms. The van der Waals surface area contributed by atoms with Gasteiger partial charge in [-0.25, -0.2) is 0 Å². The number of ether oxygens (including phenoxy) is 2. The number of piperidine rings is 1. The molecule has 2 aliphatic rings.